The molecule has 1 aliphatic carbocycles. The minimum Gasteiger partial charge on any atom is -0.366 e. The van der Waals surface area contributed by atoms with Gasteiger partial charge in [-0.05, 0) is 24.8 Å². The fourth-order valence-electron chi connectivity index (χ4n) is 3.68. The molecule has 5 nitrogen and oxygen atoms in total. The van der Waals surface area contributed by atoms with Gasteiger partial charge < -0.3 is 10.2 Å². The first-order valence-electron chi connectivity index (χ1n) is 9.54. The number of thiophene rings is 1. The third-order valence-electron chi connectivity index (χ3n) is 5.48. The number of amides is 1. The summed E-state index contributed by atoms with van der Waals surface area (Å²) in [4.78, 5) is 24.8. The second-order valence-electron chi connectivity index (χ2n) is 7.55. The number of anilines is 1. The molecular weight excluding hydrogens is 356 g/mol. The summed E-state index contributed by atoms with van der Waals surface area (Å²) < 4.78 is 0. The van der Waals surface area contributed by atoms with Crippen LogP contribution in [-0.4, -0.2) is 40.4 Å². The van der Waals surface area contributed by atoms with Gasteiger partial charge in [0.15, 0.2) is 0 Å². The van der Waals surface area contributed by atoms with Crippen LogP contribution >= 0.6 is 11.3 Å². The van der Waals surface area contributed by atoms with Gasteiger partial charge in [-0.15, -0.1) is 11.3 Å². The van der Waals surface area contributed by atoms with Crippen LogP contribution in [0.15, 0.2) is 35.7 Å². The van der Waals surface area contributed by atoms with Gasteiger partial charge in [0.2, 0.25) is 5.91 Å². The number of nitrogens with one attached hydrogen (secondary N) is 1. The lowest BCUT2D eigenvalue weighted by molar-refractivity contribution is -0.132. The fourth-order valence-corrected chi connectivity index (χ4v) is 4.63. The molecule has 6 heteroatoms. The molecule has 0 bridgehead atoms. The number of carbonyl (C=O) groups excluding carboxylic acids is 1. The zero-order valence-electron chi connectivity index (χ0n) is 15.3. The fraction of sp³-hybridized carbons (Fsp3) is 0.381. The monoisotopic (exact) mass is 378 g/mol. The van der Waals surface area contributed by atoms with Crippen molar-refractivity contribution in [2.75, 3.05) is 18.9 Å². The molecule has 2 aromatic heterocycles. The number of likely N-dealkylation sites (tertiary alicyclic amines) is 1. The molecule has 2 fully saturated rings. The molecule has 5 rings (SSSR count). The third kappa shape index (κ3) is 3.18. The van der Waals surface area contributed by atoms with Gasteiger partial charge >= 0.3 is 0 Å². The number of benzene rings is 1. The zero-order chi connectivity index (χ0) is 18.4. The molecule has 1 amide bonds. The van der Waals surface area contributed by atoms with E-state index in [4.69, 9.17) is 9.97 Å². The van der Waals surface area contributed by atoms with Crippen molar-refractivity contribution >= 4 is 33.3 Å². The van der Waals surface area contributed by atoms with Gasteiger partial charge in [-0.1, -0.05) is 30.3 Å². The topological polar surface area (TPSA) is 58.1 Å². The van der Waals surface area contributed by atoms with Gasteiger partial charge in [0.1, 0.15) is 16.5 Å². The molecule has 3 aromatic rings. The Morgan fingerprint density at radius 3 is 2.70 bits per heavy atom. The van der Waals surface area contributed by atoms with Crippen molar-refractivity contribution in [3.05, 3.63) is 41.5 Å². The number of nitrogens with zero attached hydrogens (tertiary/aromatic N) is 3. The SMILES string of the molecule is CN1CCC(Nc2nc(C3CC3)nc3scc(-c4ccccc4)c23)CC1=O. The average molecular weight is 379 g/mol. The van der Waals surface area contributed by atoms with E-state index < -0.39 is 0 Å². The number of hydrogen-bond acceptors (Lipinski definition) is 5. The van der Waals surface area contributed by atoms with Crippen molar-refractivity contribution < 1.29 is 4.79 Å². The van der Waals surface area contributed by atoms with Crippen LogP contribution in [-0.2, 0) is 4.79 Å². The maximum atomic E-state index is 12.1. The Morgan fingerprint density at radius 2 is 1.96 bits per heavy atom. The predicted octanol–water partition coefficient (Wildman–Crippen LogP) is 4.27. The first kappa shape index (κ1) is 16.7. The van der Waals surface area contributed by atoms with Crippen molar-refractivity contribution in [1.29, 1.82) is 0 Å². The molecule has 138 valence electrons. The van der Waals surface area contributed by atoms with Crippen LogP contribution in [0.3, 0.4) is 0 Å². The Bertz CT molecular complexity index is 996. The summed E-state index contributed by atoms with van der Waals surface area (Å²) in [5, 5.41) is 6.86. The summed E-state index contributed by atoms with van der Waals surface area (Å²) in [6.07, 6.45) is 3.81. The summed E-state index contributed by atoms with van der Waals surface area (Å²) in [7, 11) is 1.87. The van der Waals surface area contributed by atoms with E-state index in [1.165, 1.54) is 24.0 Å². The molecule has 3 heterocycles. The molecule has 2 aliphatic rings. The van der Waals surface area contributed by atoms with Crippen LogP contribution in [0.5, 0.6) is 0 Å². The largest absolute Gasteiger partial charge is 0.366 e. The highest BCUT2D eigenvalue weighted by Crippen LogP contribution is 2.43. The normalized spacial score (nSPS) is 20.3. The predicted molar refractivity (Wildman–Crippen MR) is 109 cm³/mol. The molecular formula is C21H22N4OS. The maximum Gasteiger partial charge on any atom is 0.224 e. The van der Waals surface area contributed by atoms with Crippen molar-refractivity contribution in [3.8, 4) is 11.1 Å². The van der Waals surface area contributed by atoms with E-state index in [1.54, 1.807) is 11.3 Å². The van der Waals surface area contributed by atoms with Crippen molar-refractivity contribution in [3.63, 3.8) is 0 Å². The Morgan fingerprint density at radius 1 is 1.15 bits per heavy atom. The maximum absolute atomic E-state index is 12.1. The number of rotatable bonds is 4. The lowest BCUT2D eigenvalue weighted by Crippen LogP contribution is -2.41. The summed E-state index contributed by atoms with van der Waals surface area (Å²) in [6.45, 7) is 0.787. The summed E-state index contributed by atoms with van der Waals surface area (Å²) in [5.74, 6) is 2.53. The van der Waals surface area contributed by atoms with Crippen molar-refractivity contribution in [2.24, 2.45) is 0 Å². The number of hydrogen-bond donors (Lipinski definition) is 1. The van der Waals surface area contributed by atoms with Crippen LogP contribution in [0, 0.1) is 0 Å². The van der Waals surface area contributed by atoms with Gasteiger partial charge in [-0.25, -0.2) is 9.97 Å². The van der Waals surface area contributed by atoms with E-state index in [2.05, 4.69) is 35.0 Å². The Labute approximate surface area is 162 Å². The van der Waals surface area contributed by atoms with E-state index in [-0.39, 0.29) is 11.9 Å². The number of aromatic nitrogens is 2. The van der Waals surface area contributed by atoms with Gasteiger partial charge in [0.25, 0.3) is 0 Å². The molecule has 1 N–H and O–H groups in total. The minimum atomic E-state index is 0.127. The molecule has 0 radical (unpaired) electrons. The summed E-state index contributed by atoms with van der Waals surface area (Å²) in [5.41, 5.74) is 2.34. The zero-order valence-corrected chi connectivity index (χ0v) is 16.1. The molecule has 1 saturated heterocycles. The highest BCUT2D eigenvalue weighted by atomic mass is 32.1. The average Bonchev–Trinajstić information content (AvgIpc) is 3.45. The number of carbonyl (C=O) groups is 1. The lowest BCUT2D eigenvalue weighted by atomic mass is 10.0. The van der Waals surface area contributed by atoms with Crippen LogP contribution in [0.25, 0.3) is 21.3 Å². The van der Waals surface area contributed by atoms with E-state index in [0.29, 0.717) is 12.3 Å². The quantitative estimate of drug-likeness (QED) is 0.737. The second kappa shape index (κ2) is 6.60. The molecule has 1 atom stereocenters. The van der Waals surface area contributed by atoms with Gasteiger partial charge in [-0.2, -0.15) is 0 Å². The van der Waals surface area contributed by atoms with Gasteiger partial charge in [-0.3, -0.25) is 4.79 Å². The van der Waals surface area contributed by atoms with E-state index >= 15 is 0 Å². The number of fused-ring (bicyclic) bond motifs is 1. The summed E-state index contributed by atoms with van der Waals surface area (Å²) in [6, 6.07) is 10.5. The first-order valence-corrected chi connectivity index (χ1v) is 10.4. The van der Waals surface area contributed by atoms with Gasteiger partial charge in [0, 0.05) is 42.9 Å². The molecule has 27 heavy (non-hydrogen) atoms. The highest BCUT2D eigenvalue weighted by Gasteiger charge is 2.30. The van der Waals surface area contributed by atoms with Crippen LogP contribution < -0.4 is 5.32 Å². The lowest BCUT2D eigenvalue weighted by Gasteiger charge is -2.29. The molecule has 1 aliphatic heterocycles. The second-order valence-corrected chi connectivity index (χ2v) is 8.41. The third-order valence-corrected chi connectivity index (χ3v) is 6.35. The molecule has 1 unspecified atom stereocenters. The Balaban J connectivity index is 1.58. The standard InChI is InChI=1S/C21H22N4OS/c1-25-10-9-15(11-17(25)26)22-20-18-16(13-5-3-2-4-6-13)12-27-21(18)24-19(23-20)14-7-8-14/h2-6,12,14-15H,7-11H2,1H3,(H,22,23,24). The number of piperidine rings is 1. The van der Waals surface area contributed by atoms with E-state index in [1.807, 2.05) is 18.0 Å². The van der Waals surface area contributed by atoms with Gasteiger partial charge in [0.05, 0.1) is 5.39 Å². The summed E-state index contributed by atoms with van der Waals surface area (Å²) >= 11 is 1.68. The van der Waals surface area contributed by atoms with Crippen molar-refractivity contribution in [2.45, 2.75) is 37.6 Å². The Hall–Kier alpha value is -2.47. The smallest absolute Gasteiger partial charge is 0.224 e. The van der Waals surface area contributed by atoms with E-state index in [9.17, 15) is 4.79 Å². The van der Waals surface area contributed by atoms with Crippen LogP contribution in [0.2, 0.25) is 0 Å². The highest BCUT2D eigenvalue weighted by molar-refractivity contribution is 7.17. The molecule has 1 saturated carbocycles. The first-order chi connectivity index (χ1) is 13.2. The minimum absolute atomic E-state index is 0.127. The Kier molecular flexibility index (Phi) is 4.08. The molecule has 0 spiro atoms. The van der Waals surface area contributed by atoms with Crippen LogP contribution in [0.1, 0.15) is 37.4 Å². The van der Waals surface area contributed by atoms with Crippen LogP contribution in [0.4, 0.5) is 5.82 Å². The van der Waals surface area contributed by atoms with Crippen molar-refractivity contribution in [1.82, 2.24) is 14.9 Å². The molecule has 1 aromatic carbocycles. The van der Waals surface area contributed by atoms with E-state index in [0.717, 1.165) is 34.8 Å².